The summed E-state index contributed by atoms with van der Waals surface area (Å²) in [5, 5.41) is 10.2. The molecule has 1 aromatic rings. The largest absolute Gasteiger partial charge is 0.503 e. The van der Waals surface area contributed by atoms with E-state index >= 15 is 0 Å². The number of ether oxygens (including phenoxy) is 2. The zero-order valence-electron chi connectivity index (χ0n) is 14.0. The number of carbonyl (C=O) groups is 1. The Kier molecular flexibility index (Phi) is 5.69. The van der Waals surface area contributed by atoms with Gasteiger partial charge in [0.25, 0.3) is 5.56 Å². The lowest BCUT2D eigenvalue weighted by atomic mass is 9.90. The van der Waals surface area contributed by atoms with Crippen LogP contribution in [0.3, 0.4) is 0 Å². The summed E-state index contributed by atoms with van der Waals surface area (Å²) in [6, 6.07) is 0. The van der Waals surface area contributed by atoms with Crippen LogP contribution in [0.25, 0.3) is 0 Å². The first-order valence-corrected chi connectivity index (χ1v) is 8.11. The van der Waals surface area contributed by atoms with Crippen LogP contribution in [-0.2, 0) is 0 Å². The number of Topliss-reactive ketones (excluding diaryl/α,β-unsaturated/α-hetero) is 1. The number of pyridine rings is 1. The van der Waals surface area contributed by atoms with Gasteiger partial charge in [-0.25, -0.2) is 0 Å². The van der Waals surface area contributed by atoms with E-state index in [0.29, 0.717) is 5.92 Å². The number of ketones is 1. The van der Waals surface area contributed by atoms with E-state index in [1.54, 1.807) is 6.92 Å². The maximum atomic E-state index is 12.6. The van der Waals surface area contributed by atoms with Gasteiger partial charge in [-0.1, -0.05) is 32.6 Å². The van der Waals surface area contributed by atoms with Crippen molar-refractivity contribution in [2.45, 2.75) is 45.4 Å². The molecule has 0 aliphatic heterocycles. The number of aromatic amines is 1. The van der Waals surface area contributed by atoms with Crippen LogP contribution in [0.2, 0.25) is 0 Å². The molecule has 1 unspecified atom stereocenters. The number of nitrogens with one attached hydrogen (secondary N) is 1. The van der Waals surface area contributed by atoms with Crippen molar-refractivity contribution in [1.82, 2.24) is 4.98 Å². The molecule has 2 N–H and O–H groups in total. The number of aromatic nitrogens is 1. The maximum absolute atomic E-state index is 12.6. The third-order valence-electron chi connectivity index (χ3n) is 4.70. The summed E-state index contributed by atoms with van der Waals surface area (Å²) in [7, 11) is 2.69. The number of H-pyrrole nitrogens is 1. The molecular weight excluding hydrogens is 298 g/mol. The molecule has 1 fully saturated rings. The van der Waals surface area contributed by atoms with Gasteiger partial charge in [0, 0.05) is 5.92 Å². The highest BCUT2D eigenvalue weighted by Gasteiger charge is 2.28. The number of aromatic hydroxyl groups is 1. The Morgan fingerprint density at radius 2 is 1.96 bits per heavy atom. The minimum atomic E-state index is -0.655. The summed E-state index contributed by atoms with van der Waals surface area (Å²) in [5.41, 5.74) is -0.903. The van der Waals surface area contributed by atoms with E-state index in [1.807, 2.05) is 0 Å². The molecule has 1 saturated carbocycles. The highest BCUT2D eigenvalue weighted by molar-refractivity contribution is 6.00. The summed E-state index contributed by atoms with van der Waals surface area (Å²) in [5.74, 6) is -0.472. The van der Waals surface area contributed by atoms with E-state index in [0.717, 1.165) is 12.8 Å². The van der Waals surface area contributed by atoms with Crippen LogP contribution in [-0.4, -0.2) is 30.1 Å². The van der Waals surface area contributed by atoms with Crippen LogP contribution in [0.5, 0.6) is 17.4 Å². The average Bonchev–Trinajstić information content (AvgIpc) is 3.05. The molecular formula is C17H25NO5. The second kappa shape index (κ2) is 7.53. The van der Waals surface area contributed by atoms with Crippen molar-refractivity contribution in [2.24, 2.45) is 11.8 Å². The molecule has 0 bridgehead atoms. The van der Waals surface area contributed by atoms with Crippen LogP contribution < -0.4 is 15.0 Å². The topological polar surface area (TPSA) is 88.6 Å². The molecule has 2 rings (SSSR count). The first-order valence-electron chi connectivity index (χ1n) is 8.11. The molecule has 1 aliphatic rings. The second-order valence-corrected chi connectivity index (χ2v) is 6.24. The fourth-order valence-electron chi connectivity index (χ4n) is 3.27. The smallest absolute Gasteiger partial charge is 0.265 e. The van der Waals surface area contributed by atoms with Gasteiger partial charge in [0.15, 0.2) is 11.5 Å². The molecule has 1 aliphatic carbocycles. The van der Waals surface area contributed by atoms with Gasteiger partial charge in [-0.15, -0.1) is 0 Å². The summed E-state index contributed by atoms with van der Waals surface area (Å²) >= 11 is 0. The molecule has 6 nitrogen and oxygen atoms in total. The Hall–Kier alpha value is -1.98. The lowest BCUT2D eigenvalue weighted by molar-refractivity contribution is 0.0914. The number of rotatable bonds is 7. The number of methoxy groups -OCH3 is 2. The summed E-state index contributed by atoms with van der Waals surface area (Å²) in [4.78, 5) is 27.1. The number of hydrogen-bond acceptors (Lipinski definition) is 5. The van der Waals surface area contributed by atoms with Crippen molar-refractivity contribution in [1.29, 1.82) is 0 Å². The molecule has 128 valence electrons. The highest BCUT2D eigenvalue weighted by atomic mass is 16.5. The van der Waals surface area contributed by atoms with Crippen LogP contribution in [0, 0.1) is 11.8 Å². The molecule has 1 aromatic heterocycles. The predicted molar refractivity (Wildman–Crippen MR) is 86.5 cm³/mol. The average molecular weight is 323 g/mol. The Morgan fingerprint density at radius 1 is 1.30 bits per heavy atom. The minimum Gasteiger partial charge on any atom is -0.503 e. The molecule has 0 radical (unpaired) electrons. The van der Waals surface area contributed by atoms with Gasteiger partial charge in [0.1, 0.15) is 5.56 Å². The third-order valence-corrected chi connectivity index (χ3v) is 4.70. The Balaban J connectivity index is 2.19. The minimum absolute atomic E-state index is 0.00478. The predicted octanol–water partition coefficient (Wildman–Crippen LogP) is 2.89. The Labute approximate surface area is 135 Å². The van der Waals surface area contributed by atoms with Crippen LogP contribution in [0.4, 0.5) is 0 Å². The molecule has 1 heterocycles. The molecule has 0 saturated heterocycles. The van der Waals surface area contributed by atoms with Gasteiger partial charge in [0.2, 0.25) is 11.6 Å². The third kappa shape index (κ3) is 3.68. The lowest BCUT2D eigenvalue weighted by Gasteiger charge is -2.16. The molecule has 0 aromatic carbocycles. The van der Waals surface area contributed by atoms with Crippen LogP contribution in [0.15, 0.2) is 4.79 Å². The van der Waals surface area contributed by atoms with E-state index in [9.17, 15) is 14.7 Å². The zero-order valence-corrected chi connectivity index (χ0v) is 14.0. The monoisotopic (exact) mass is 323 g/mol. The standard InChI is InChI=1S/C17H25NO5/c1-10(8-9-11-6-4-5-7-11)13(19)12-14(20)15(22-2)17(23-3)18-16(12)21/h10-11H,4-9H2,1-3H3,(H2,18,20,21). The zero-order chi connectivity index (χ0) is 17.0. The van der Waals surface area contributed by atoms with E-state index in [4.69, 9.17) is 9.47 Å². The molecule has 0 amide bonds. The number of hydrogen-bond donors (Lipinski definition) is 2. The first kappa shape index (κ1) is 17.4. The van der Waals surface area contributed by atoms with Crippen molar-refractivity contribution in [3.05, 3.63) is 15.9 Å². The van der Waals surface area contributed by atoms with E-state index in [2.05, 4.69) is 4.98 Å². The van der Waals surface area contributed by atoms with Crippen molar-refractivity contribution in [3.8, 4) is 17.4 Å². The lowest BCUT2D eigenvalue weighted by Crippen LogP contribution is -2.23. The van der Waals surface area contributed by atoms with E-state index in [-0.39, 0.29) is 28.9 Å². The first-order chi connectivity index (χ1) is 11.0. The van der Waals surface area contributed by atoms with E-state index in [1.165, 1.54) is 39.9 Å². The molecule has 23 heavy (non-hydrogen) atoms. The van der Waals surface area contributed by atoms with Crippen molar-refractivity contribution < 1.29 is 19.4 Å². The van der Waals surface area contributed by atoms with Gasteiger partial charge in [-0.05, 0) is 18.8 Å². The normalized spacial score (nSPS) is 16.3. The fourth-order valence-corrected chi connectivity index (χ4v) is 3.27. The molecule has 0 spiro atoms. The van der Waals surface area contributed by atoms with Crippen molar-refractivity contribution in [2.75, 3.05) is 14.2 Å². The van der Waals surface area contributed by atoms with Crippen LogP contribution >= 0.6 is 0 Å². The van der Waals surface area contributed by atoms with Gasteiger partial charge >= 0.3 is 0 Å². The fraction of sp³-hybridized carbons (Fsp3) is 0.647. The van der Waals surface area contributed by atoms with Crippen LogP contribution in [0.1, 0.15) is 55.8 Å². The Morgan fingerprint density at radius 3 is 2.52 bits per heavy atom. The van der Waals surface area contributed by atoms with Gasteiger partial charge < -0.3 is 14.6 Å². The van der Waals surface area contributed by atoms with Crippen molar-refractivity contribution in [3.63, 3.8) is 0 Å². The Bertz CT molecular complexity index is 616. The number of carbonyl (C=O) groups excluding carboxylic acids is 1. The summed E-state index contributed by atoms with van der Waals surface area (Å²) in [6.07, 6.45) is 6.69. The molecule has 6 heteroatoms. The second-order valence-electron chi connectivity index (χ2n) is 6.24. The highest BCUT2D eigenvalue weighted by Crippen LogP contribution is 2.36. The SMILES string of the molecule is COc1[nH]c(=O)c(C(=O)C(C)CCC2CCCC2)c(O)c1OC. The van der Waals surface area contributed by atoms with Gasteiger partial charge in [-0.2, -0.15) is 0 Å². The van der Waals surface area contributed by atoms with Crippen molar-refractivity contribution >= 4 is 5.78 Å². The van der Waals surface area contributed by atoms with E-state index < -0.39 is 11.3 Å². The summed E-state index contributed by atoms with van der Waals surface area (Å²) in [6.45, 7) is 1.80. The molecule has 1 atom stereocenters. The summed E-state index contributed by atoms with van der Waals surface area (Å²) < 4.78 is 9.99. The van der Waals surface area contributed by atoms with Gasteiger partial charge in [-0.3, -0.25) is 14.6 Å². The quantitative estimate of drug-likeness (QED) is 0.753. The van der Waals surface area contributed by atoms with Gasteiger partial charge in [0.05, 0.1) is 14.2 Å². The maximum Gasteiger partial charge on any atom is 0.265 e.